The number of nitrogens with one attached hydrogen (secondary N) is 2. The Balaban J connectivity index is 1.64. The quantitative estimate of drug-likeness (QED) is 0.697. The zero-order valence-electron chi connectivity index (χ0n) is 15.6. The lowest BCUT2D eigenvalue weighted by atomic mass is 10.1. The molecule has 0 spiro atoms. The van der Waals surface area contributed by atoms with Gasteiger partial charge in [0.05, 0.1) is 0 Å². The molecule has 0 aliphatic rings. The number of rotatable bonds is 8. The van der Waals surface area contributed by atoms with Gasteiger partial charge in [0, 0.05) is 24.2 Å². The minimum absolute atomic E-state index is 0.0824. The lowest BCUT2D eigenvalue weighted by Crippen LogP contribution is -2.21. The molecule has 27 heavy (non-hydrogen) atoms. The van der Waals surface area contributed by atoms with Crippen molar-refractivity contribution in [3.05, 3.63) is 59.7 Å². The number of esters is 1. The molecule has 2 aromatic rings. The summed E-state index contributed by atoms with van der Waals surface area (Å²) in [6.07, 6.45) is 0.647. The summed E-state index contributed by atoms with van der Waals surface area (Å²) in [5, 5.41) is 5.45. The number of carbonyl (C=O) groups is 3. The van der Waals surface area contributed by atoms with Gasteiger partial charge in [-0.05, 0) is 55.7 Å². The topological polar surface area (TPSA) is 84.5 Å². The predicted molar refractivity (Wildman–Crippen MR) is 104 cm³/mol. The van der Waals surface area contributed by atoms with E-state index in [4.69, 9.17) is 4.74 Å². The van der Waals surface area contributed by atoms with Gasteiger partial charge in [-0.2, -0.15) is 0 Å². The molecule has 0 radical (unpaired) electrons. The maximum absolute atomic E-state index is 11.9. The molecule has 0 bridgehead atoms. The van der Waals surface area contributed by atoms with E-state index in [-0.39, 0.29) is 25.4 Å². The van der Waals surface area contributed by atoms with Gasteiger partial charge in [-0.25, -0.2) is 0 Å². The Kier molecular flexibility index (Phi) is 7.55. The number of carbonyl (C=O) groups excluding carboxylic acids is 3. The Morgan fingerprint density at radius 2 is 1.44 bits per heavy atom. The van der Waals surface area contributed by atoms with Crippen LogP contribution >= 0.6 is 0 Å². The summed E-state index contributed by atoms with van der Waals surface area (Å²) in [6, 6.07) is 14.8. The molecular weight excluding hydrogens is 344 g/mol. The van der Waals surface area contributed by atoms with Gasteiger partial charge < -0.3 is 15.4 Å². The fraction of sp³-hybridized carbons (Fsp3) is 0.286. The van der Waals surface area contributed by atoms with E-state index in [1.54, 1.807) is 12.1 Å². The van der Waals surface area contributed by atoms with Crippen molar-refractivity contribution in [2.75, 3.05) is 17.2 Å². The summed E-state index contributed by atoms with van der Waals surface area (Å²) < 4.78 is 4.95. The highest BCUT2D eigenvalue weighted by Gasteiger charge is 2.10. The van der Waals surface area contributed by atoms with Crippen LogP contribution in [0.4, 0.5) is 11.4 Å². The van der Waals surface area contributed by atoms with Crippen LogP contribution in [0, 0.1) is 13.8 Å². The van der Waals surface area contributed by atoms with Crippen LogP contribution in [0.25, 0.3) is 0 Å². The molecule has 2 rings (SSSR count). The average molecular weight is 368 g/mol. The number of ether oxygens (including phenoxy) is 1. The van der Waals surface area contributed by atoms with Crippen molar-refractivity contribution >= 4 is 29.2 Å². The Labute approximate surface area is 158 Å². The fourth-order valence-electron chi connectivity index (χ4n) is 2.60. The first-order valence-corrected chi connectivity index (χ1v) is 8.81. The molecule has 2 N–H and O–H groups in total. The molecule has 2 amide bonds. The van der Waals surface area contributed by atoms with E-state index in [1.807, 2.05) is 50.2 Å². The second kappa shape index (κ2) is 10.1. The number of anilines is 2. The van der Waals surface area contributed by atoms with Crippen LogP contribution in [0.1, 0.15) is 30.4 Å². The van der Waals surface area contributed by atoms with Crippen LogP contribution in [-0.4, -0.2) is 24.4 Å². The van der Waals surface area contributed by atoms with Crippen LogP contribution in [0.3, 0.4) is 0 Å². The second-order valence-corrected chi connectivity index (χ2v) is 6.35. The Hall–Kier alpha value is -3.15. The molecule has 6 nitrogen and oxygen atoms in total. The maximum atomic E-state index is 11.9. The van der Waals surface area contributed by atoms with Crippen molar-refractivity contribution in [1.82, 2.24) is 0 Å². The van der Waals surface area contributed by atoms with E-state index in [9.17, 15) is 14.4 Å². The first kappa shape index (κ1) is 20.2. The second-order valence-electron chi connectivity index (χ2n) is 6.35. The zero-order valence-corrected chi connectivity index (χ0v) is 15.6. The van der Waals surface area contributed by atoms with E-state index in [0.29, 0.717) is 17.8 Å². The molecule has 6 heteroatoms. The monoisotopic (exact) mass is 368 g/mol. The lowest BCUT2D eigenvalue weighted by molar-refractivity contribution is -0.147. The number of aryl methyl sites for hydroxylation is 2. The van der Waals surface area contributed by atoms with Gasteiger partial charge in [0.2, 0.25) is 5.91 Å². The molecule has 0 fully saturated rings. The minimum Gasteiger partial charge on any atom is -0.456 e. The van der Waals surface area contributed by atoms with Crippen molar-refractivity contribution in [1.29, 1.82) is 0 Å². The first-order valence-electron chi connectivity index (χ1n) is 8.81. The van der Waals surface area contributed by atoms with Gasteiger partial charge in [-0.1, -0.05) is 24.3 Å². The van der Waals surface area contributed by atoms with Crippen LogP contribution < -0.4 is 10.6 Å². The Morgan fingerprint density at radius 1 is 0.815 bits per heavy atom. The van der Waals surface area contributed by atoms with Crippen molar-refractivity contribution in [2.24, 2.45) is 0 Å². The highest BCUT2D eigenvalue weighted by molar-refractivity contribution is 5.93. The summed E-state index contributed by atoms with van der Waals surface area (Å²) in [5.41, 5.74) is 3.46. The SMILES string of the molecule is Cc1cc(C)cc(NC(=O)COC(=O)CCCC(=O)Nc2ccccc2)c1. The third-order valence-electron chi connectivity index (χ3n) is 3.71. The molecule has 0 aliphatic carbocycles. The Bertz CT molecular complexity index is 783. The van der Waals surface area contributed by atoms with E-state index in [1.165, 1.54) is 0 Å². The first-order chi connectivity index (χ1) is 12.9. The number of benzene rings is 2. The highest BCUT2D eigenvalue weighted by Crippen LogP contribution is 2.13. The molecular formula is C21H24N2O4. The van der Waals surface area contributed by atoms with Crippen molar-refractivity contribution in [2.45, 2.75) is 33.1 Å². The van der Waals surface area contributed by atoms with E-state index in [0.717, 1.165) is 11.1 Å². The summed E-state index contributed by atoms with van der Waals surface area (Å²) >= 11 is 0. The van der Waals surface area contributed by atoms with E-state index in [2.05, 4.69) is 10.6 Å². The number of para-hydroxylation sites is 1. The van der Waals surface area contributed by atoms with Gasteiger partial charge in [0.15, 0.2) is 6.61 Å². The van der Waals surface area contributed by atoms with Crippen LogP contribution in [-0.2, 0) is 19.1 Å². The van der Waals surface area contributed by atoms with Crippen LogP contribution in [0.5, 0.6) is 0 Å². The largest absolute Gasteiger partial charge is 0.456 e. The number of hydrogen-bond donors (Lipinski definition) is 2. The summed E-state index contributed by atoms with van der Waals surface area (Å²) in [7, 11) is 0. The summed E-state index contributed by atoms with van der Waals surface area (Å²) in [6.45, 7) is 3.54. The summed E-state index contributed by atoms with van der Waals surface area (Å²) in [5.74, 6) is -1.06. The normalized spacial score (nSPS) is 10.1. The van der Waals surface area contributed by atoms with E-state index < -0.39 is 11.9 Å². The van der Waals surface area contributed by atoms with Crippen molar-refractivity contribution in [3.8, 4) is 0 Å². The van der Waals surface area contributed by atoms with Crippen molar-refractivity contribution in [3.63, 3.8) is 0 Å². The molecule has 0 saturated heterocycles. The molecule has 0 heterocycles. The van der Waals surface area contributed by atoms with Gasteiger partial charge in [0.25, 0.3) is 5.91 Å². The number of amides is 2. The lowest BCUT2D eigenvalue weighted by Gasteiger charge is -2.08. The highest BCUT2D eigenvalue weighted by atomic mass is 16.5. The third kappa shape index (κ3) is 7.73. The molecule has 0 aromatic heterocycles. The standard InChI is InChI=1S/C21H24N2O4/c1-15-11-16(2)13-18(12-15)23-20(25)14-27-21(26)10-6-9-19(24)22-17-7-4-3-5-8-17/h3-5,7-8,11-13H,6,9-10,14H2,1-2H3,(H,22,24)(H,23,25). The van der Waals surface area contributed by atoms with Gasteiger partial charge in [0.1, 0.15) is 0 Å². The van der Waals surface area contributed by atoms with Crippen LogP contribution in [0.15, 0.2) is 48.5 Å². The molecule has 0 atom stereocenters. The van der Waals surface area contributed by atoms with Gasteiger partial charge >= 0.3 is 5.97 Å². The average Bonchev–Trinajstić information content (AvgIpc) is 2.60. The number of hydrogen-bond acceptors (Lipinski definition) is 4. The van der Waals surface area contributed by atoms with Gasteiger partial charge in [-0.15, -0.1) is 0 Å². The predicted octanol–water partition coefficient (Wildman–Crippen LogP) is 3.59. The van der Waals surface area contributed by atoms with Gasteiger partial charge in [-0.3, -0.25) is 14.4 Å². The molecule has 2 aromatic carbocycles. The molecule has 0 unspecified atom stereocenters. The van der Waals surface area contributed by atoms with E-state index >= 15 is 0 Å². The van der Waals surface area contributed by atoms with Crippen LogP contribution in [0.2, 0.25) is 0 Å². The molecule has 0 saturated carbocycles. The molecule has 0 aliphatic heterocycles. The Morgan fingerprint density at radius 3 is 2.11 bits per heavy atom. The maximum Gasteiger partial charge on any atom is 0.306 e. The van der Waals surface area contributed by atoms with Crippen molar-refractivity contribution < 1.29 is 19.1 Å². The third-order valence-corrected chi connectivity index (χ3v) is 3.71. The zero-order chi connectivity index (χ0) is 19.6. The minimum atomic E-state index is -0.502. The summed E-state index contributed by atoms with van der Waals surface area (Å²) in [4.78, 5) is 35.4. The molecule has 142 valence electrons. The smallest absolute Gasteiger partial charge is 0.306 e. The fourth-order valence-corrected chi connectivity index (χ4v) is 2.60.